The fourth-order valence-corrected chi connectivity index (χ4v) is 3.08. The number of hydrogen-bond donors (Lipinski definition) is 1. The third kappa shape index (κ3) is 2.52. The van der Waals surface area contributed by atoms with Crippen molar-refractivity contribution in [3.8, 4) is 0 Å². The SMILES string of the molecule is Cc1cc(NC2CCc3cc(Br)ccc32)ccc1F. The van der Waals surface area contributed by atoms with Crippen LogP contribution in [0, 0.1) is 12.7 Å². The highest BCUT2D eigenvalue weighted by atomic mass is 79.9. The van der Waals surface area contributed by atoms with E-state index < -0.39 is 0 Å². The van der Waals surface area contributed by atoms with Gasteiger partial charge in [-0.25, -0.2) is 4.39 Å². The van der Waals surface area contributed by atoms with E-state index >= 15 is 0 Å². The molecule has 1 nitrogen and oxygen atoms in total. The lowest BCUT2D eigenvalue weighted by molar-refractivity contribution is 0.618. The molecule has 0 saturated carbocycles. The Bertz CT molecular complexity index is 624. The second-order valence-electron chi connectivity index (χ2n) is 5.04. The molecule has 0 bridgehead atoms. The van der Waals surface area contributed by atoms with Gasteiger partial charge in [-0.05, 0) is 66.8 Å². The molecule has 0 spiro atoms. The molecule has 0 aliphatic heterocycles. The van der Waals surface area contributed by atoms with Crippen molar-refractivity contribution in [1.29, 1.82) is 0 Å². The summed E-state index contributed by atoms with van der Waals surface area (Å²) in [6.45, 7) is 1.79. The summed E-state index contributed by atoms with van der Waals surface area (Å²) in [7, 11) is 0. The van der Waals surface area contributed by atoms with Gasteiger partial charge in [-0.1, -0.05) is 22.0 Å². The molecule has 2 aromatic carbocycles. The first kappa shape index (κ1) is 12.7. The van der Waals surface area contributed by atoms with Crippen molar-refractivity contribution < 1.29 is 4.39 Å². The number of benzene rings is 2. The van der Waals surface area contributed by atoms with Crippen molar-refractivity contribution in [2.24, 2.45) is 0 Å². The van der Waals surface area contributed by atoms with Crippen molar-refractivity contribution >= 4 is 21.6 Å². The van der Waals surface area contributed by atoms with Crippen LogP contribution in [0.4, 0.5) is 10.1 Å². The third-order valence-corrected chi connectivity index (χ3v) is 4.17. The molecule has 1 aliphatic rings. The topological polar surface area (TPSA) is 12.0 Å². The molecule has 2 aromatic rings. The van der Waals surface area contributed by atoms with E-state index in [1.54, 1.807) is 13.0 Å². The summed E-state index contributed by atoms with van der Waals surface area (Å²) in [4.78, 5) is 0. The minimum absolute atomic E-state index is 0.152. The van der Waals surface area contributed by atoms with Crippen molar-refractivity contribution in [2.45, 2.75) is 25.8 Å². The van der Waals surface area contributed by atoms with E-state index in [0.29, 0.717) is 11.6 Å². The maximum atomic E-state index is 13.3. The molecule has 3 rings (SSSR count). The number of fused-ring (bicyclic) bond motifs is 1. The molecule has 0 amide bonds. The number of rotatable bonds is 2. The zero-order chi connectivity index (χ0) is 13.4. The summed E-state index contributed by atoms with van der Waals surface area (Å²) in [6.07, 6.45) is 2.18. The first-order valence-corrected chi connectivity index (χ1v) is 7.24. The smallest absolute Gasteiger partial charge is 0.126 e. The summed E-state index contributed by atoms with van der Waals surface area (Å²) >= 11 is 3.51. The standard InChI is InChI=1S/C16H15BrFN/c1-10-8-13(4-6-15(10)18)19-16-7-2-11-9-12(17)3-5-14(11)16/h3-6,8-9,16,19H,2,7H2,1H3. The second kappa shape index (κ2) is 4.97. The molecule has 0 radical (unpaired) electrons. The van der Waals surface area contributed by atoms with Gasteiger partial charge in [0.25, 0.3) is 0 Å². The van der Waals surface area contributed by atoms with Gasteiger partial charge in [0.2, 0.25) is 0 Å². The number of hydrogen-bond acceptors (Lipinski definition) is 1. The Morgan fingerprint density at radius 3 is 2.84 bits per heavy atom. The minimum atomic E-state index is -0.152. The lowest BCUT2D eigenvalue weighted by Gasteiger charge is -2.16. The normalized spacial score (nSPS) is 17.3. The Morgan fingerprint density at radius 1 is 1.21 bits per heavy atom. The summed E-state index contributed by atoms with van der Waals surface area (Å²) in [5.41, 5.74) is 4.41. The maximum absolute atomic E-state index is 13.3. The fraction of sp³-hybridized carbons (Fsp3) is 0.250. The van der Waals surface area contributed by atoms with Gasteiger partial charge in [-0.3, -0.25) is 0 Å². The Kier molecular flexibility index (Phi) is 3.31. The van der Waals surface area contributed by atoms with E-state index in [-0.39, 0.29) is 5.82 Å². The van der Waals surface area contributed by atoms with Crippen LogP contribution in [0.5, 0.6) is 0 Å². The summed E-state index contributed by atoms with van der Waals surface area (Å²) in [6, 6.07) is 12.0. The molecule has 98 valence electrons. The maximum Gasteiger partial charge on any atom is 0.126 e. The van der Waals surface area contributed by atoms with Crippen LogP contribution in [0.15, 0.2) is 40.9 Å². The lowest BCUT2D eigenvalue weighted by Crippen LogP contribution is -2.07. The van der Waals surface area contributed by atoms with E-state index in [9.17, 15) is 4.39 Å². The first-order valence-electron chi connectivity index (χ1n) is 6.44. The molecule has 0 aromatic heterocycles. The Hall–Kier alpha value is -1.35. The van der Waals surface area contributed by atoms with Gasteiger partial charge in [0, 0.05) is 10.2 Å². The summed E-state index contributed by atoms with van der Waals surface area (Å²) < 4.78 is 14.4. The number of anilines is 1. The molecular weight excluding hydrogens is 305 g/mol. The van der Waals surface area contributed by atoms with Crippen LogP contribution in [0.2, 0.25) is 0 Å². The predicted octanol–water partition coefficient (Wildman–Crippen LogP) is 5.00. The molecule has 0 saturated heterocycles. The molecule has 1 atom stereocenters. The second-order valence-corrected chi connectivity index (χ2v) is 5.96. The quantitative estimate of drug-likeness (QED) is 0.821. The van der Waals surface area contributed by atoms with Crippen LogP contribution >= 0.6 is 15.9 Å². The van der Waals surface area contributed by atoms with Crippen LogP contribution in [0.1, 0.15) is 29.2 Å². The zero-order valence-corrected chi connectivity index (χ0v) is 12.3. The zero-order valence-electron chi connectivity index (χ0n) is 10.7. The predicted molar refractivity (Wildman–Crippen MR) is 80.0 cm³/mol. The molecular formula is C16H15BrFN. The summed E-state index contributed by atoms with van der Waals surface area (Å²) in [5.74, 6) is -0.152. The monoisotopic (exact) mass is 319 g/mol. The van der Waals surface area contributed by atoms with E-state index in [4.69, 9.17) is 0 Å². The molecule has 3 heteroatoms. The van der Waals surface area contributed by atoms with Crippen molar-refractivity contribution in [3.05, 3.63) is 63.4 Å². The van der Waals surface area contributed by atoms with Crippen LogP contribution in [-0.4, -0.2) is 0 Å². The molecule has 1 unspecified atom stereocenters. The van der Waals surface area contributed by atoms with Crippen LogP contribution in [-0.2, 0) is 6.42 Å². The number of halogens is 2. The molecule has 19 heavy (non-hydrogen) atoms. The Morgan fingerprint density at radius 2 is 2.05 bits per heavy atom. The van der Waals surface area contributed by atoms with Crippen molar-refractivity contribution in [2.75, 3.05) is 5.32 Å². The highest BCUT2D eigenvalue weighted by Gasteiger charge is 2.22. The summed E-state index contributed by atoms with van der Waals surface area (Å²) in [5, 5.41) is 3.50. The van der Waals surface area contributed by atoms with Gasteiger partial charge in [0.1, 0.15) is 5.82 Å². The van der Waals surface area contributed by atoms with E-state index in [1.807, 2.05) is 6.07 Å². The first-order chi connectivity index (χ1) is 9.13. The van der Waals surface area contributed by atoms with Gasteiger partial charge in [0.05, 0.1) is 6.04 Å². The average Bonchev–Trinajstić information content (AvgIpc) is 2.76. The van der Waals surface area contributed by atoms with E-state index in [2.05, 4.69) is 39.4 Å². The van der Waals surface area contributed by atoms with Gasteiger partial charge >= 0.3 is 0 Å². The Labute approximate surface area is 121 Å². The van der Waals surface area contributed by atoms with E-state index in [1.165, 1.54) is 17.2 Å². The van der Waals surface area contributed by atoms with Gasteiger partial charge in [0.15, 0.2) is 0 Å². The highest BCUT2D eigenvalue weighted by molar-refractivity contribution is 9.10. The largest absolute Gasteiger partial charge is 0.378 e. The van der Waals surface area contributed by atoms with Crippen molar-refractivity contribution in [3.63, 3.8) is 0 Å². The molecule has 0 fully saturated rings. The third-order valence-electron chi connectivity index (χ3n) is 3.68. The molecule has 1 aliphatic carbocycles. The van der Waals surface area contributed by atoms with E-state index in [0.717, 1.165) is 23.0 Å². The van der Waals surface area contributed by atoms with Gasteiger partial charge in [-0.15, -0.1) is 0 Å². The van der Waals surface area contributed by atoms with Gasteiger partial charge < -0.3 is 5.32 Å². The van der Waals surface area contributed by atoms with Crippen molar-refractivity contribution in [1.82, 2.24) is 0 Å². The van der Waals surface area contributed by atoms with Gasteiger partial charge in [-0.2, -0.15) is 0 Å². The minimum Gasteiger partial charge on any atom is -0.378 e. The molecule has 0 heterocycles. The number of nitrogens with one attached hydrogen (secondary N) is 1. The highest BCUT2D eigenvalue weighted by Crippen LogP contribution is 2.35. The number of aryl methyl sites for hydroxylation is 2. The molecule has 1 N–H and O–H groups in total. The lowest BCUT2D eigenvalue weighted by atomic mass is 10.1. The van der Waals surface area contributed by atoms with Crippen LogP contribution in [0.25, 0.3) is 0 Å². The average molecular weight is 320 g/mol. The van der Waals surface area contributed by atoms with Crippen LogP contribution in [0.3, 0.4) is 0 Å². The fourth-order valence-electron chi connectivity index (χ4n) is 2.67. The Balaban J connectivity index is 1.84. The van der Waals surface area contributed by atoms with Crippen LogP contribution < -0.4 is 5.32 Å².